The molecule has 0 amide bonds. The van der Waals surface area contributed by atoms with Gasteiger partial charge in [0, 0.05) is 0 Å². The average Bonchev–Trinajstić information content (AvgIpc) is 1.35. The smallest absolute Gasteiger partial charge is 1.00 e. The molecule has 0 aliphatic carbocycles. The van der Waals surface area contributed by atoms with Crippen LogP contribution < -0.4 is 29.6 Å². The Balaban J connectivity index is -0.000000125. The first kappa shape index (κ1) is 10.9. The monoisotopic (exact) mass is 138 g/mol. The van der Waals surface area contributed by atoms with Crippen molar-refractivity contribution < 1.29 is 55.3 Å². The molecule has 0 aromatic carbocycles. The van der Waals surface area contributed by atoms with Crippen molar-refractivity contribution in [2.45, 2.75) is 0 Å². The van der Waals surface area contributed by atoms with Gasteiger partial charge < -0.3 is 11.2 Å². The van der Waals surface area contributed by atoms with Crippen molar-refractivity contribution in [3.63, 3.8) is 0 Å². The minimum atomic E-state index is -4.59. The Kier molecular flexibility index (Phi) is 6.26. The summed E-state index contributed by atoms with van der Waals surface area (Å²) in [6.45, 7) is 0. The first-order valence-corrected chi connectivity index (χ1v) is 2.48. The van der Waals surface area contributed by atoms with E-state index in [-0.39, 0.29) is 31.0 Å². The van der Waals surface area contributed by atoms with E-state index in [9.17, 15) is 4.57 Å². The van der Waals surface area contributed by atoms with Gasteiger partial charge in [0.05, 0.1) is 0 Å². The molecular weight excluding hydrogens is 134 g/mol. The number of rotatable bonds is 1. The van der Waals surface area contributed by atoms with Crippen molar-refractivity contribution in [1.82, 2.24) is 0 Å². The number of hydrogen-bond donors (Lipinski definition) is 3. The van der Waals surface area contributed by atoms with Gasteiger partial charge in [-0.15, -0.1) is 4.67 Å². The van der Waals surface area contributed by atoms with Crippen LogP contribution in [0.2, 0.25) is 0 Å². The molecule has 0 radical (unpaired) electrons. The molecule has 0 fully saturated rings. The molecule has 0 heterocycles. The number of hydrogen-bond acceptors (Lipinski definition) is 3. The summed E-state index contributed by atoms with van der Waals surface area (Å²) >= 11 is 0. The van der Waals surface area contributed by atoms with Gasteiger partial charge in [0.15, 0.2) is 0 Å². The van der Waals surface area contributed by atoms with Gasteiger partial charge in [0.1, 0.15) is 0 Å². The van der Waals surface area contributed by atoms with Crippen LogP contribution in [0.25, 0.3) is 0 Å². The predicted octanol–water partition coefficient (Wildman–Crippen LogP) is -3.31. The molecule has 0 aliphatic heterocycles. The molecule has 0 atom stereocenters. The Morgan fingerprint density at radius 2 is 1.71 bits per heavy atom. The fourth-order valence-electron chi connectivity index (χ4n) is 0. The van der Waals surface area contributed by atoms with Gasteiger partial charge in [-0.05, 0) is 0 Å². The van der Waals surface area contributed by atoms with Crippen molar-refractivity contribution in [3.05, 3.63) is 0 Å². The van der Waals surface area contributed by atoms with E-state index in [1.807, 2.05) is 0 Å². The van der Waals surface area contributed by atoms with Gasteiger partial charge >= 0.3 is 37.4 Å². The third kappa shape index (κ3) is 11.0. The SMILES string of the molecule is O=P(O)(O)OO.[H-].[Na+]. The van der Waals surface area contributed by atoms with E-state index in [4.69, 9.17) is 15.0 Å². The molecule has 40 valence electrons. The van der Waals surface area contributed by atoms with Gasteiger partial charge in [0.2, 0.25) is 0 Å². The van der Waals surface area contributed by atoms with Gasteiger partial charge in [-0.2, -0.15) is 0 Å². The van der Waals surface area contributed by atoms with Crippen molar-refractivity contribution in [2.24, 2.45) is 0 Å². The zero-order chi connectivity index (χ0) is 5.21. The zero-order valence-electron chi connectivity index (χ0n) is 4.61. The third-order valence-corrected chi connectivity index (χ3v) is 0.319. The fraction of sp³-hybridized carbons (Fsp3) is 0. The zero-order valence-corrected chi connectivity index (χ0v) is 6.50. The van der Waals surface area contributed by atoms with Crippen molar-refractivity contribution >= 4 is 7.82 Å². The summed E-state index contributed by atoms with van der Waals surface area (Å²) in [6, 6.07) is 0. The van der Waals surface area contributed by atoms with Crippen molar-refractivity contribution in [2.75, 3.05) is 0 Å². The van der Waals surface area contributed by atoms with Crippen LogP contribution in [0.3, 0.4) is 0 Å². The second kappa shape index (κ2) is 4.00. The average molecular weight is 138 g/mol. The molecule has 5 nitrogen and oxygen atoms in total. The largest absolute Gasteiger partial charge is 1.00 e. The van der Waals surface area contributed by atoms with Gasteiger partial charge in [0.25, 0.3) is 0 Å². The molecule has 3 N–H and O–H groups in total. The van der Waals surface area contributed by atoms with E-state index in [0.29, 0.717) is 0 Å². The van der Waals surface area contributed by atoms with E-state index in [2.05, 4.69) is 4.67 Å². The van der Waals surface area contributed by atoms with Crippen LogP contribution in [0.1, 0.15) is 1.43 Å². The predicted molar refractivity (Wildman–Crippen MR) is 16.9 cm³/mol. The summed E-state index contributed by atoms with van der Waals surface area (Å²) in [7, 11) is -4.59. The molecule has 0 unspecified atom stereocenters. The summed E-state index contributed by atoms with van der Waals surface area (Å²) in [6.07, 6.45) is 0. The molecule has 0 saturated carbocycles. The Morgan fingerprint density at radius 3 is 1.71 bits per heavy atom. The van der Waals surface area contributed by atoms with Crippen LogP contribution in [-0.4, -0.2) is 15.0 Å². The van der Waals surface area contributed by atoms with Crippen LogP contribution in [0.4, 0.5) is 0 Å². The first-order valence-electron chi connectivity index (χ1n) is 0.948. The Hall–Kier alpha value is 1.07. The van der Waals surface area contributed by atoms with E-state index >= 15 is 0 Å². The van der Waals surface area contributed by atoms with Crippen LogP contribution in [-0.2, 0) is 9.24 Å². The van der Waals surface area contributed by atoms with E-state index in [1.165, 1.54) is 0 Å². The van der Waals surface area contributed by atoms with Gasteiger partial charge in [-0.1, -0.05) is 0 Å². The molecule has 0 aromatic rings. The molecule has 0 aliphatic rings. The summed E-state index contributed by atoms with van der Waals surface area (Å²) in [5.41, 5.74) is 0. The van der Waals surface area contributed by atoms with E-state index in [0.717, 1.165) is 0 Å². The third-order valence-electron chi connectivity index (χ3n) is 0.106. The molecule has 0 aromatic heterocycles. The fourth-order valence-corrected chi connectivity index (χ4v) is 0. The Bertz CT molecular complexity index is 76.5. The summed E-state index contributed by atoms with van der Waals surface area (Å²) in [4.78, 5) is 14.9. The maximum Gasteiger partial charge on any atom is 1.00 e. The summed E-state index contributed by atoms with van der Waals surface area (Å²) in [5.74, 6) is 0. The quantitative estimate of drug-likeness (QED) is 0.153. The molecular formula is H4NaO5P. The minimum absolute atomic E-state index is 0. The van der Waals surface area contributed by atoms with Crippen molar-refractivity contribution in [1.29, 1.82) is 0 Å². The van der Waals surface area contributed by atoms with E-state index < -0.39 is 7.82 Å². The Labute approximate surface area is 63.2 Å². The van der Waals surface area contributed by atoms with Crippen LogP contribution in [0.15, 0.2) is 0 Å². The van der Waals surface area contributed by atoms with Crippen LogP contribution >= 0.6 is 7.82 Å². The molecule has 0 rings (SSSR count). The molecule has 0 spiro atoms. The molecule has 7 heavy (non-hydrogen) atoms. The molecule has 0 bridgehead atoms. The standard InChI is InChI=1S/Na.H3O5P.H/c;1-5-6(2,3)4;/h;1H,(H2,2,3,4);/q+1;;-1. The van der Waals surface area contributed by atoms with Crippen LogP contribution in [0, 0.1) is 0 Å². The van der Waals surface area contributed by atoms with E-state index in [1.54, 1.807) is 0 Å². The maximum absolute atomic E-state index is 9.22. The molecule has 0 saturated heterocycles. The second-order valence-corrected chi connectivity index (χ2v) is 1.72. The van der Waals surface area contributed by atoms with Gasteiger partial charge in [-0.25, -0.2) is 9.82 Å². The topological polar surface area (TPSA) is 87.0 Å². The normalized spacial score (nSPS) is 10.1. The number of phosphoric acid groups is 1. The summed E-state index contributed by atoms with van der Waals surface area (Å²) in [5, 5.41) is 7.14. The summed E-state index contributed by atoms with van der Waals surface area (Å²) < 4.78 is 11.8. The molecule has 7 heteroatoms. The first-order chi connectivity index (χ1) is 2.56. The minimum Gasteiger partial charge on any atom is -1.00 e. The second-order valence-electron chi connectivity index (χ2n) is 0.572. The van der Waals surface area contributed by atoms with Gasteiger partial charge in [-0.3, -0.25) is 0 Å². The Morgan fingerprint density at radius 1 is 1.57 bits per heavy atom. The van der Waals surface area contributed by atoms with Crippen LogP contribution in [0.5, 0.6) is 0 Å². The maximum atomic E-state index is 9.22. The van der Waals surface area contributed by atoms with Crippen molar-refractivity contribution in [3.8, 4) is 0 Å².